The molecule has 1 N–H and O–H groups in total. The maximum atomic E-state index is 12.8. The smallest absolute Gasteiger partial charge is 0.351 e. The van der Waals surface area contributed by atoms with E-state index in [4.69, 9.17) is 0 Å². The maximum Gasteiger partial charge on any atom is 0.417 e. The van der Waals surface area contributed by atoms with Crippen LogP contribution in [0.4, 0.5) is 13.2 Å². The second-order valence-corrected chi connectivity index (χ2v) is 6.87. The third-order valence-electron chi connectivity index (χ3n) is 3.80. The molecule has 2 nitrogen and oxygen atoms in total. The minimum atomic E-state index is -4.49. The first-order valence-corrected chi connectivity index (χ1v) is 7.39. The third-order valence-corrected chi connectivity index (χ3v) is 4.49. The van der Waals surface area contributed by atoms with Gasteiger partial charge in [-0.1, -0.05) is 43.6 Å². The van der Waals surface area contributed by atoms with Gasteiger partial charge in [-0.25, -0.2) is 0 Å². The Hall–Kier alpha value is -1.04. The van der Waals surface area contributed by atoms with Crippen LogP contribution in [0.3, 0.4) is 0 Å². The average molecular weight is 366 g/mol. The van der Waals surface area contributed by atoms with Crippen LogP contribution in [0.15, 0.2) is 22.7 Å². The van der Waals surface area contributed by atoms with E-state index in [0.29, 0.717) is 12.5 Å². The highest BCUT2D eigenvalue weighted by Gasteiger charge is 2.33. The first-order valence-electron chi connectivity index (χ1n) is 6.60. The first-order chi connectivity index (χ1) is 9.45. The van der Waals surface area contributed by atoms with Crippen LogP contribution in [0.5, 0.6) is 0 Å². The summed E-state index contributed by atoms with van der Waals surface area (Å²) in [5.74, 6) is -0.157. The second kappa shape index (κ2) is 6.38. The molecule has 0 aliphatic carbocycles. The molecule has 0 bridgehead atoms. The van der Waals surface area contributed by atoms with Crippen LogP contribution in [-0.4, -0.2) is 12.5 Å². The Labute approximate surface area is 131 Å². The van der Waals surface area contributed by atoms with Crippen molar-refractivity contribution in [1.82, 2.24) is 5.32 Å². The quantitative estimate of drug-likeness (QED) is 0.809. The number of halogens is 4. The van der Waals surface area contributed by atoms with Crippen LogP contribution in [0.1, 0.15) is 43.6 Å². The largest absolute Gasteiger partial charge is 0.417 e. The van der Waals surface area contributed by atoms with E-state index < -0.39 is 17.6 Å². The fraction of sp³-hybridized carbons (Fsp3) is 0.533. The maximum absolute atomic E-state index is 12.8. The Morgan fingerprint density at radius 2 is 1.86 bits per heavy atom. The summed E-state index contributed by atoms with van der Waals surface area (Å²) >= 11 is 2.85. The van der Waals surface area contributed by atoms with Crippen molar-refractivity contribution in [3.8, 4) is 0 Å². The molecule has 21 heavy (non-hydrogen) atoms. The van der Waals surface area contributed by atoms with Gasteiger partial charge in [0.2, 0.25) is 0 Å². The average Bonchev–Trinajstić information content (AvgIpc) is 2.35. The Kier molecular flexibility index (Phi) is 5.47. The molecule has 6 heteroatoms. The number of amides is 1. The summed E-state index contributed by atoms with van der Waals surface area (Å²) in [6.45, 7) is 8.48. The predicted octanol–water partition coefficient (Wildman–Crippen LogP) is 4.88. The van der Waals surface area contributed by atoms with Crippen molar-refractivity contribution in [2.24, 2.45) is 11.3 Å². The van der Waals surface area contributed by atoms with E-state index in [1.807, 2.05) is 27.7 Å². The second-order valence-electron chi connectivity index (χ2n) is 6.02. The summed E-state index contributed by atoms with van der Waals surface area (Å²) in [5.41, 5.74) is -0.971. The van der Waals surface area contributed by atoms with E-state index in [1.165, 1.54) is 12.1 Å². The number of hydrogen-bond donors (Lipinski definition) is 1. The molecule has 1 rings (SSSR count). The normalized spacial score (nSPS) is 12.6. The molecule has 1 aromatic carbocycles. The molecule has 1 amide bonds. The fourth-order valence-corrected chi connectivity index (χ4v) is 1.97. The predicted molar refractivity (Wildman–Crippen MR) is 80.1 cm³/mol. The number of alkyl halides is 3. The van der Waals surface area contributed by atoms with Crippen molar-refractivity contribution < 1.29 is 18.0 Å². The van der Waals surface area contributed by atoms with E-state index in [9.17, 15) is 18.0 Å². The number of hydrogen-bond acceptors (Lipinski definition) is 1. The Morgan fingerprint density at radius 1 is 1.29 bits per heavy atom. The van der Waals surface area contributed by atoms with E-state index in [2.05, 4.69) is 21.2 Å². The summed E-state index contributed by atoms with van der Waals surface area (Å²) < 4.78 is 38.4. The van der Waals surface area contributed by atoms with E-state index >= 15 is 0 Å². The molecule has 0 radical (unpaired) electrons. The lowest BCUT2D eigenvalue weighted by Crippen LogP contribution is -2.37. The monoisotopic (exact) mass is 365 g/mol. The summed E-state index contributed by atoms with van der Waals surface area (Å²) in [5, 5.41) is 2.70. The lowest BCUT2D eigenvalue weighted by atomic mass is 9.81. The molecule has 0 saturated heterocycles. The Morgan fingerprint density at radius 3 is 2.33 bits per heavy atom. The molecule has 0 heterocycles. The highest BCUT2D eigenvalue weighted by Crippen LogP contribution is 2.35. The zero-order chi connectivity index (χ0) is 16.4. The van der Waals surface area contributed by atoms with Crippen LogP contribution in [0.25, 0.3) is 0 Å². The van der Waals surface area contributed by atoms with E-state index in [0.717, 1.165) is 6.07 Å². The van der Waals surface area contributed by atoms with Crippen molar-refractivity contribution in [3.05, 3.63) is 33.8 Å². The van der Waals surface area contributed by atoms with Crippen LogP contribution >= 0.6 is 15.9 Å². The zero-order valence-electron chi connectivity index (χ0n) is 12.4. The van der Waals surface area contributed by atoms with Gasteiger partial charge in [0.15, 0.2) is 0 Å². The van der Waals surface area contributed by atoms with Gasteiger partial charge in [-0.3, -0.25) is 4.79 Å². The number of carbonyl (C=O) groups excluding carboxylic acids is 1. The van der Waals surface area contributed by atoms with Crippen LogP contribution in [0, 0.1) is 11.3 Å². The molecule has 0 fully saturated rings. The zero-order valence-corrected chi connectivity index (χ0v) is 14.0. The van der Waals surface area contributed by atoms with Gasteiger partial charge in [0.1, 0.15) is 0 Å². The van der Waals surface area contributed by atoms with Gasteiger partial charge >= 0.3 is 6.18 Å². The molecule has 0 saturated carbocycles. The van der Waals surface area contributed by atoms with Crippen LogP contribution in [0.2, 0.25) is 0 Å². The minimum Gasteiger partial charge on any atom is -0.351 e. The van der Waals surface area contributed by atoms with Crippen molar-refractivity contribution in [2.75, 3.05) is 6.54 Å². The van der Waals surface area contributed by atoms with Gasteiger partial charge in [0.05, 0.1) is 5.56 Å². The van der Waals surface area contributed by atoms with Crippen molar-refractivity contribution in [2.45, 2.75) is 33.9 Å². The lowest BCUT2D eigenvalue weighted by Gasteiger charge is -2.29. The molecule has 0 unspecified atom stereocenters. The van der Waals surface area contributed by atoms with Crippen molar-refractivity contribution >= 4 is 21.8 Å². The molecule has 118 valence electrons. The van der Waals surface area contributed by atoms with Gasteiger partial charge in [0, 0.05) is 16.6 Å². The summed E-state index contributed by atoms with van der Waals surface area (Å²) in [4.78, 5) is 12.0. The molecule has 0 aliphatic heterocycles. The fourth-order valence-electron chi connectivity index (χ4n) is 1.50. The molecule has 0 spiro atoms. The van der Waals surface area contributed by atoms with Gasteiger partial charge in [-0.15, -0.1) is 0 Å². The Balaban J connectivity index is 2.90. The molecular weight excluding hydrogens is 347 g/mol. The number of rotatable bonds is 4. The highest BCUT2D eigenvalue weighted by molar-refractivity contribution is 9.10. The highest BCUT2D eigenvalue weighted by atomic mass is 79.9. The molecule has 0 atom stereocenters. The van der Waals surface area contributed by atoms with Crippen molar-refractivity contribution in [3.63, 3.8) is 0 Å². The third kappa shape index (κ3) is 4.73. The number of nitrogens with one attached hydrogen (secondary N) is 1. The topological polar surface area (TPSA) is 29.1 Å². The van der Waals surface area contributed by atoms with Crippen LogP contribution in [-0.2, 0) is 6.18 Å². The minimum absolute atomic E-state index is 0.00470. The van der Waals surface area contributed by atoms with Gasteiger partial charge < -0.3 is 5.32 Å². The van der Waals surface area contributed by atoms with E-state index in [-0.39, 0.29) is 15.5 Å². The van der Waals surface area contributed by atoms with Crippen molar-refractivity contribution in [1.29, 1.82) is 0 Å². The SMILES string of the molecule is CC(C)C(C)(C)CNC(=O)c1ccc(Br)c(C(F)(F)F)c1. The Bertz CT molecular complexity index is 524. The standard InChI is InChI=1S/C15H19BrF3NO/c1-9(2)14(3,4)8-20-13(21)10-5-6-12(16)11(7-10)15(17,18)19/h5-7,9H,8H2,1-4H3,(H,20,21). The molecule has 1 aromatic rings. The molecule has 0 aromatic heterocycles. The molecular formula is C15H19BrF3NO. The van der Waals surface area contributed by atoms with Gasteiger partial charge in [-0.05, 0) is 29.5 Å². The van der Waals surface area contributed by atoms with Gasteiger partial charge in [0.25, 0.3) is 5.91 Å². The number of benzene rings is 1. The molecule has 0 aliphatic rings. The summed E-state index contributed by atoms with van der Waals surface area (Å²) in [6, 6.07) is 3.48. The van der Waals surface area contributed by atoms with E-state index in [1.54, 1.807) is 0 Å². The summed E-state index contributed by atoms with van der Waals surface area (Å²) in [6.07, 6.45) is -4.49. The number of carbonyl (C=O) groups is 1. The summed E-state index contributed by atoms with van der Waals surface area (Å²) in [7, 11) is 0. The lowest BCUT2D eigenvalue weighted by molar-refractivity contribution is -0.138. The first kappa shape index (κ1) is 18.0. The van der Waals surface area contributed by atoms with Crippen LogP contribution < -0.4 is 5.32 Å². The van der Waals surface area contributed by atoms with Gasteiger partial charge in [-0.2, -0.15) is 13.2 Å².